The van der Waals surface area contributed by atoms with Gasteiger partial charge in [-0.3, -0.25) is 0 Å². The number of alkyl halides is 1. The third-order valence-corrected chi connectivity index (χ3v) is 3.91. The highest BCUT2D eigenvalue weighted by Crippen LogP contribution is 2.28. The van der Waals surface area contributed by atoms with Crippen LogP contribution in [0.2, 0.25) is 0 Å². The van der Waals surface area contributed by atoms with Crippen LogP contribution < -0.4 is 5.32 Å². The third-order valence-electron chi connectivity index (χ3n) is 3.34. The van der Waals surface area contributed by atoms with Gasteiger partial charge in [-0.2, -0.15) is 0 Å². The van der Waals surface area contributed by atoms with E-state index in [0.29, 0.717) is 5.88 Å². The van der Waals surface area contributed by atoms with Crippen molar-refractivity contribution in [3.05, 3.63) is 23.9 Å². The Bertz CT molecular complexity index is 296. The average molecular weight is 241 g/mol. The largest absolute Gasteiger partial charge is 0.369 e. The Hall–Kier alpha value is -0.760. The van der Waals surface area contributed by atoms with Crippen LogP contribution in [0.25, 0.3) is 0 Å². The first-order chi connectivity index (χ1) is 7.65. The minimum atomic E-state index is 0.189. The fourth-order valence-corrected chi connectivity index (χ4v) is 2.06. The second-order valence-corrected chi connectivity index (χ2v) is 4.68. The topological polar surface area (TPSA) is 24.9 Å². The molecular weight excluding hydrogens is 220 g/mol. The smallest absolute Gasteiger partial charge is 0.125 e. The molecule has 1 aromatic heterocycles. The molecule has 0 amide bonds. The lowest BCUT2D eigenvalue weighted by molar-refractivity contribution is 0.326. The summed E-state index contributed by atoms with van der Waals surface area (Å²) in [5.41, 5.74) is 1.37. The van der Waals surface area contributed by atoms with Crippen LogP contribution in [0.3, 0.4) is 0 Å². The molecule has 90 valence electrons. The molecule has 1 heterocycles. The molecule has 0 fully saturated rings. The van der Waals surface area contributed by atoms with E-state index in [0.717, 1.165) is 25.2 Å². The third kappa shape index (κ3) is 3.38. The second-order valence-electron chi connectivity index (χ2n) is 4.42. The van der Waals surface area contributed by atoms with Gasteiger partial charge in [-0.15, -0.1) is 11.6 Å². The fourth-order valence-electron chi connectivity index (χ4n) is 1.59. The van der Waals surface area contributed by atoms with Gasteiger partial charge < -0.3 is 5.32 Å². The number of rotatable bonds is 6. The fraction of sp³-hybridized carbons (Fsp3) is 0.615. The Balaban J connectivity index is 2.58. The van der Waals surface area contributed by atoms with E-state index in [2.05, 4.69) is 30.2 Å². The zero-order chi connectivity index (χ0) is 12.0. The number of aryl methyl sites for hydroxylation is 1. The van der Waals surface area contributed by atoms with Gasteiger partial charge >= 0.3 is 0 Å². The summed E-state index contributed by atoms with van der Waals surface area (Å²) in [6.07, 6.45) is 4.06. The van der Waals surface area contributed by atoms with Crippen LogP contribution in [-0.4, -0.2) is 17.4 Å². The molecule has 16 heavy (non-hydrogen) atoms. The first kappa shape index (κ1) is 13.3. The molecule has 0 saturated heterocycles. The Kier molecular flexibility index (Phi) is 5.07. The number of pyridine rings is 1. The number of anilines is 1. The van der Waals surface area contributed by atoms with E-state index in [9.17, 15) is 0 Å². The molecule has 2 nitrogen and oxygen atoms in total. The Labute approximate surface area is 103 Å². The number of aromatic nitrogens is 1. The van der Waals surface area contributed by atoms with Crippen LogP contribution in [0.5, 0.6) is 0 Å². The van der Waals surface area contributed by atoms with Crippen molar-refractivity contribution in [2.45, 2.75) is 33.6 Å². The average Bonchev–Trinajstić information content (AvgIpc) is 2.34. The van der Waals surface area contributed by atoms with E-state index in [1.807, 2.05) is 19.2 Å². The number of hydrogen-bond acceptors (Lipinski definition) is 2. The van der Waals surface area contributed by atoms with E-state index in [1.165, 1.54) is 5.56 Å². The Morgan fingerprint density at radius 3 is 2.44 bits per heavy atom. The van der Waals surface area contributed by atoms with E-state index < -0.39 is 0 Å². The van der Waals surface area contributed by atoms with Gasteiger partial charge in [0, 0.05) is 24.0 Å². The standard InChI is InChI=1S/C13H21ClN2/c1-4-13(5-2,9-14)10-16-12-7-6-11(3)8-15-12/h6-8H,4-5,9-10H2,1-3H3,(H,15,16). The molecule has 0 saturated carbocycles. The summed E-state index contributed by atoms with van der Waals surface area (Å²) in [5.74, 6) is 1.63. The van der Waals surface area contributed by atoms with E-state index in [1.54, 1.807) is 0 Å². The van der Waals surface area contributed by atoms with Crippen LogP contribution in [0, 0.1) is 12.3 Å². The zero-order valence-electron chi connectivity index (χ0n) is 10.4. The van der Waals surface area contributed by atoms with Gasteiger partial charge in [-0.25, -0.2) is 4.98 Å². The van der Waals surface area contributed by atoms with Crippen molar-refractivity contribution < 1.29 is 0 Å². The van der Waals surface area contributed by atoms with Gasteiger partial charge in [0.1, 0.15) is 5.82 Å². The minimum Gasteiger partial charge on any atom is -0.369 e. The summed E-state index contributed by atoms with van der Waals surface area (Å²) < 4.78 is 0. The molecule has 0 aliphatic carbocycles. The van der Waals surface area contributed by atoms with Crippen molar-refractivity contribution >= 4 is 17.4 Å². The van der Waals surface area contributed by atoms with Crippen LogP contribution in [0.1, 0.15) is 32.3 Å². The van der Waals surface area contributed by atoms with Crippen molar-refractivity contribution in [2.75, 3.05) is 17.7 Å². The lowest BCUT2D eigenvalue weighted by atomic mass is 9.84. The van der Waals surface area contributed by atoms with Crippen molar-refractivity contribution in [2.24, 2.45) is 5.41 Å². The van der Waals surface area contributed by atoms with Crippen molar-refractivity contribution in [3.63, 3.8) is 0 Å². The molecule has 0 radical (unpaired) electrons. The predicted molar refractivity (Wildman–Crippen MR) is 71.2 cm³/mol. The van der Waals surface area contributed by atoms with Gasteiger partial charge in [-0.05, 0) is 31.4 Å². The van der Waals surface area contributed by atoms with Crippen molar-refractivity contribution in [1.82, 2.24) is 4.98 Å². The highest BCUT2D eigenvalue weighted by atomic mass is 35.5. The molecule has 0 atom stereocenters. The van der Waals surface area contributed by atoms with Gasteiger partial charge in [-0.1, -0.05) is 19.9 Å². The van der Waals surface area contributed by atoms with Crippen LogP contribution in [-0.2, 0) is 0 Å². The lowest BCUT2D eigenvalue weighted by Gasteiger charge is -2.29. The molecule has 0 aromatic carbocycles. The van der Waals surface area contributed by atoms with Gasteiger partial charge in [0.05, 0.1) is 0 Å². The Morgan fingerprint density at radius 2 is 2.00 bits per heavy atom. The number of halogens is 1. The zero-order valence-corrected chi connectivity index (χ0v) is 11.1. The molecule has 1 N–H and O–H groups in total. The summed E-state index contributed by atoms with van der Waals surface area (Å²) in [6.45, 7) is 7.31. The van der Waals surface area contributed by atoms with Crippen LogP contribution in [0.15, 0.2) is 18.3 Å². The molecule has 0 unspecified atom stereocenters. The second kappa shape index (κ2) is 6.09. The lowest BCUT2D eigenvalue weighted by Crippen LogP contribution is -2.30. The number of nitrogens with zero attached hydrogens (tertiary/aromatic N) is 1. The summed E-state index contributed by atoms with van der Waals surface area (Å²) in [5, 5.41) is 3.37. The molecule has 0 spiro atoms. The van der Waals surface area contributed by atoms with Gasteiger partial charge in [0.15, 0.2) is 0 Å². The van der Waals surface area contributed by atoms with E-state index >= 15 is 0 Å². The van der Waals surface area contributed by atoms with E-state index in [-0.39, 0.29) is 5.41 Å². The summed E-state index contributed by atoms with van der Waals surface area (Å²) in [6, 6.07) is 4.08. The maximum absolute atomic E-state index is 6.06. The van der Waals surface area contributed by atoms with Crippen LogP contribution >= 0.6 is 11.6 Å². The highest BCUT2D eigenvalue weighted by Gasteiger charge is 2.24. The number of hydrogen-bond donors (Lipinski definition) is 1. The normalized spacial score (nSPS) is 11.5. The first-order valence-electron chi connectivity index (χ1n) is 5.88. The van der Waals surface area contributed by atoms with Crippen molar-refractivity contribution in [3.8, 4) is 0 Å². The Morgan fingerprint density at radius 1 is 1.31 bits per heavy atom. The molecule has 1 aromatic rings. The minimum absolute atomic E-state index is 0.189. The quantitative estimate of drug-likeness (QED) is 0.764. The monoisotopic (exact) mass is 240 g/mol. The molecule has 1 rings (SSSR count). The highest BCUT2D eigenvalue weighted by molar-refractivity contribution is 6.18. The maximum atomic E-state index is 6.06. The summed E-state index contributed by atoms with van der Waals surface area (Å²) in [4.78, 5) is 4.33. The van der Waals surface area contributed by atoms with Crippen LogP contribution in [0.4, 0.5) is 5.82 Å². The SMILES string of the molecule is CCC(CC)(CCl)CNc1ccc(C)cn1. The molecule has 3 heteroatoms. The van der Waals surface area contributed by atoms with Gasteiger partial charge in [0.25, 0.3) is 0 Å². The first-order valence-corrected chi connectivity index (χ1v) is 6.41. The summed E-state index contributed by atoms with van der Waals surface area (Å²) >= 11 is 6.06. The molecular formula is C13H21ClN2. The maximum Gasteiger partial charge on any atom is 0.125 e. The molecule has 0 bridgehead atoms. The van der Waals surface area contributed by atoms with Crippen molar-refractivity contribution in [1.29, 1.82) is 0 Å². The number of nitrogens with one attached hydrogen (secondary N) is 1. The summed E-state index contributed by atoms with van der Waals surface area (Å²) in [7, 11) is 0. The molecule has 0 aliphatic heterocycles. The van der Waals surface area contributed by atoms with Gasteiger partial charge in [0.2, 0.25) is 0 Å². The molecule has 0 aliphatic rings. The predicted octanol–water partition coefficient (Wildman–Crippen LogP) is 3.85. The van der Waals surface area contributed by atoms with E-state index in [4.69, 9.17) is 11.6 Å².